The van der Waals surface area contributed by atoms with E-state index in [9.17, 15) is 9.59 Å². The van der Waals surface area contributed by atoms with Crippen LogP contribution < -0.4 is 10.7 Å². The average Bonchev–Trinajstić information content (AvgIpc) is 2.30. The summed E-state index contributed by atoms with van der Waals surface area (Å²) < 4.78 is 0. The number of nitrogens with one attached hydrogen (secondary N) is 2. The van der Waals surface area contributed by atoms with Gasteiger partial charge in [0.25, 0.3) is 0 Å². The molecule has 6 heteroatoms. The molecule has 0 saturated heterocycles. The normalized spacial score (nSPS) is 10.7. The van der Waals surface area contributed by atoms with Gasteiger partial charge in [-0.05, 0) is 19.9 Å². The van der Waals surface area contributed by atoms with Gasteiger partial charge in [0.05, 0.1) is 6.21 Å². The van der Waals surface area contributed by atoms with Crippen molar-refractivity contribution in [3.8, 4) is 0 Å². The molecule has 1 rings (SSSR count). The van der Waals surface area contributed by atoms with E-state index < -0.39 is 11.8 Å². The molecule has 18 heavy (non-hydrogen) atoms. The number of nitrogens with zero attached hydrogens (tertiary/aromatic N) is 1. The highest BCUT2D eigenvalue weighted by Gasteiger charge is 2.12. The lowest BCUT2D eigenvalue weighted by molar-refractivity contribution is -0.139. The van der Waals surface area contributed by atoms with Crippen LogP contribution in [0.4, 0.5) is 0 Å². The Hall–Kier alpha value is -1.88. The number of hydrazone groups is 1. The molecule has 2 N–H and O–H groups in total. The molecule has 0 fully saturated rings. The molecule has 5 nitrogen and oxygen atoms in total. The molecule has 0 unspecified atom stereocenters. The number of hydrogen-bond donors (Lipinski definition) is 2. The van der Waals surface area contributed by atoms with Gasteiger partial charge in [-0.25, -0.2) is 5.43 Å². The third-order valence-corrected chi connectivity index (χ3v) is 2.25. The van der Waals surface area contributed by atoms with Gasteiger partial charge >= 0.3 is 11.8 Å². The molecule has 2 amide bonds. The summed E-state index contributed by atoms with van der Waals surface area (Å²) in [5.74, 6) is -1.53. The van der Waals surface area contributed by atoms with Crippen LogP contribution in [-0.2, 0) is 9.59 Å². The van der Waals surface area contributed by atoms with E-state index >= 15 is 0 Å². The van der Waals surface area contributed by atoms with E-state index in [-0.39, 0.29) is 6.04 Å². The molecule has 0 spiro atoms. The minimum absolute atomic E-state index is 0.101. The molecular weight excluding hydrogens is 254 g/mol. The average molecular weight is 268 g/mol. The van der Waals surface area contributed by atoms with Crippen molar-refractivity contribution in [2.24, 2.45) is 5.10 Å². The van der Waals surface area contributed by atoms with Crippen molar-refractivity contribution >= 4 is 29.6 Å². The number of rotatable bonds is 3. The van der Waals surface area contributed by atoms with Crippen molar-refractivity contribution < 1.29 is 9.59 Å². The number of benzene rings is 1. The Kier molecular flexibility index (Phi) is 5.32. The van der Waals surface area contributed by atoms with E-state index in [1.807, 2.05) is 0 Å². The van der Waals surface area contributed by atoms with Gasteiger partial charge in [0, 0.05) is 16.6 Å². The summed E-state index contributed by atoms with van der Waals surface area (Å²) in [6, 6.07) is 6.92. The maximum Gasteiger partial charge on any atom is 0.329 e. The summed E-state index contributed by atoms with van der Waals surface area (Å²) in [6.45, 7) is 3.52. The van der Waals surface area contributed by atoms with Crippen LogP contribution >= 0.6 is 11.6 Å². The summed E-state index contributed by atoms with van der Waals surface area (Å²) >= 11 is 5.89. The van der Waals surface area contributed by atoms with Gasteiger partial charge in [0.1, 0.15) is 0 Å². The molecule has 1 aromatic carbocycles. The first-order valence-electron chi connectivity index (χ1n) is 5.39. The van der Waals surface area contributed by atoms with Crippen LogP contribution in [0.3, 0.4) is 0 Å². The molecule has 0 aromatic heterocycles. The highest BCUT2D eigenvalue weighted by molar-refractivity contribution is 6.35. The minimum Gasteiger partial charge on any atom is -0.346 e. The summed E-state index contributed by atoms with van der Waals surface area (Å²) in [5.41, 5.74) is 2.78. The van der Waals surface area contributed by atoms with Crippen LogP contribution in [0.1, 0.15) is 19.4 Å². The van der Waals surface area contributed by atoms with Crippen LogP contribution in [0.5, 0.6) is 0 Å². The van der Waals surface area contributed by atoms with Crippen LogP contribution in [0.25, 0.3) is 0 Å². The molecule has 0 bridgehead atoms. The highest BCUT2D eigenvalue weighted by Crippen LogP contribution is 2.11. The zero-order valence-corrected chi connectivity index (χ0v) is 10.9. The molecular formula is C12H14ClN3O2. The largest absolute Gasteiger partial charge is 0.346 e. The molecule has 0 radical (unpaired) electrons. The quantitative estimate of drug-likeness (QED) is 0.493. The molecule has 1 aromatic rings. The van der Waals surface area contributed by atoms with Crippen molar-refractivity contribution in [2.45, 2.75) is 19.9 Å². The third-order valence-electron chi connectivity index (χ3n) is 1.90. The van der Waals surface area contributed by atoms with Crippen LogP contribution in [0, 0.1) is 0 Å². The Morgan fingerprint density at radius 3 is 2.56 bits per heavy atom. The number of halogens is 1. The van der Waals surface area contributed by atoms with E-state index in [0.717, 1.165) is 0 Å². The minimum atomic E-state index is -0.813. The Balaban J connectivity index is 2.53. The van der Waals surface area contributed by atoms with Crippen molar-refractivity contribution in [3.05, 3.63) is 34.9 Å². The van der Waals surface area contributed by atoms with Gasteiger partial charge in [-0.1, -0.05) is 29.8 Å². The summed E-state index contributed by atoms with van der Waals surface area (Å²) in [5, 5.41) is 6.63. The standard InChI is InChI=1S/C12H14ClN3O2/c1-8(2)15-11(17)12(18)16-14-7-9-5-3-4-6-10(9)13/h3-8H,1-2H3,(H,15,17)(H,16,18). The lowest BCUT2D eigenvalue weighted by atomic mass is 10.2. The summed E-state index contributed by atoms with van der Waals surface area (Å²) in [4.78, 5) is 22.5. The second-order valence-corrected chi connectivity index (χ2v) is 4.26. The Morgan fingerprint density at radius 2 is 1.94 bits per heavy atom. The first kappa shape index (κ1) is 14.2. The van der Waals surface area contributed by atoms with Gasteiger partial charge in [-0.2, -0.15) is 5.10 Å². The monoisotopic (exact) mass is 267 g/mol. The van der Waals surface area contributed by atoms with Gasteiger partial charge in [0.2, 0.25) is 0 Å². The number of carbonyl (C=O) groups excluding carboxylic acids is 2. The van der Waals surface area contributed by atoms with E-state index in [2.05, 4.69) is 15.8 Å². The Bertz CT molecular complexity index is 472. The van der Waals surface area contributed by atoms with Gasteiger partial charge < -0.3 is 5.32 Å². The van der Waals surface area contributed by atoms with Gasteiger partial charge in [0.15, 0.2) is 0 Å². The molecule has 0 aliphatic heterocycles. The molecule has 0 aliphatic rings. The second-order valence-electron chi connectivity index (χ2n) is 3.85. The Labute approximate surface area is 110 Å². The molecule has 96 valence electrons. The van der Waals surface area contributed by atoms with Gasteiger partial charge in [-0.15, -0.1) is 0 Å². The smallest absolute Gasteiger partial charge is 0.329 e. The molecule has 0 atom stereocenters. The SMILES string of the molecule is CC(C)NC(=O)C(=O)NN=Cc1ccccc1Cl. The lowest BCUT2D eigenvalue weighted by Gasteiger charge is -2.06. The fourth-order valence-electron chi connectivity index (χ4n) is 1.12. The zero-order chi connectivity index (χ0) is 13.5. The predicted octanol–water partition coefficient (Wildman–Crippen LogP) is 1.31. The van der Waals surface area contributed by atoms with Crippen molar-refractivity contribution in [3.63, 3.8) is 0 Å². The fraction of sp³-hybridized carbons (Fsp3) is 0.250. The van der Waals surface area contributed by atoms with Gasteiger partial charge in [-0.3, -0.25) is 9.59 Å². The maximum absolute atomic E-state index is 11.3. The van der Waals surface area contributed by atoms with E-state index in [1.54, 1.807) is 38.1 Å². The fourth-order valence-corrected chi connectivity index (χ4v) is 1.30. The second kappa shape index (κ2) is 6.76. The maximum atomic E-state index is 11.3. The lowest BCUT2D eigenvalue weighted by Crippen LogP contribution is -2.41. The first-order valence-corrected chi connectivity index (χ1v) is 5.77. The highest BCUT2D eigenvalue weighted by atomic mass is 35.5. The van der Waals surface area contributed by atoms with Crippen LogP contribution in [0.2, 0.25) is 5.02 Å². The van der Waals surface area contributed by atoms with Crippen LogP contribution in [0.15, 0.2) is 29.4 Å². The third kappa shape index (κ3) is 4.55. The number of amides is 2. The summed E-state index contributed by atoms with van der Waals surface area (Å²) in [6.07, 6.45) is 1.38. The number of hydrogen-bond acceptors (Lipinski definition) is 3. The topological polar surface area (TPSA) is 70.6 Å². The van der Waals surface area contributed by atoms with Crippen molar-refractivity contribution in [1.29, 1.82) is 0 Å². The molecule has 0 aliphatic carbocycles. The van der Waals surface area contributed by atoms with E-state index in [4.69, 9.17) is 11.6 Å². The molecule has 0 heterocycles. The zero-order valence-electron chi connectivity index (χ0n) is 10.1. The van der Waals surface area contributed by atoms with E-state index in [1.165, 1.54) is 6.21 Å². The van der Waals surface area contributed by atoms with E-state index in [0.29, 0.717) is 10.6 Å². The number of carbonyl (C=O) groups is 2. The first-order chi connectivity index (χ1) is 8.50. The van der Waals surface area contributed by atoms with Crippen molar-refractivity contribution in [1.82, 2.24) is 10.7 Å². The van der Waals surface area contributed by atoms with Crippen molar-refractivity contribution in [2.75, 3.05) is 0 Å². The van der Waals surface area contributed by atoms with Crippen LogP contribution in [-0.4, -0.2) is 24.1 Å². The summed E-state index contributed by atoms with van der Waals surface area (Å²) in [7, 11) is 0. The molecule has 0 saturated carbocycles. The Morgan fingerprint density at radius 1 is 1.28 bits per heavy atom. The predicted molar refractivity (Wildman–Crippen MR) is 70.5 cm³/mol.